The van der Waals surface area contributed by atoms with E-state index < -0.39 is 5.54 Å². The summed E-state index contributed by atoms with van der Waals surface area (Å²) >= 11 is 0. The third-order valence-electron chi connectivity index (χ3n) is 4.21. The van der Waals surface area contributed by atoms with Gasteiger partial charge >= 0.3 is 0 Å². The van der Waals surface area contributed by atoms with Crippen molar-refractivity contribution in [2.75, 3.05) is 27.2 Å². The van der Waals surface area contributed by atoms with Gasteiger partial charge in [0.25, 0.3) is 0 Å². The minimum Gasteiger partial charge on any atom is -0.496 e. The van der Waals surface area contributed by atoms with Gasteiger partial charge in [-0.1, -0.05) is 18.2 Å². The molecule has 1 aromatic rings. The molecule has 0 spiro atoms. The van der Waals surface area contributed by atoms with Crippen molar-refractivity contribution in [3.63, 3.8) is 0 Å². The highest BCUT2D eigenvalue weighted by Crippen LogP contribution is 2.30. The summed E-state index contributed by atoms with van der Waals surface area (Å²) in [6.45, 7) is 5.97. The van der Waals surface area contributed by atoms with E-state index in [9.17, 15) is 4.79 Å². The SMILES string of the molecule is COc1ccccc1C(C)(C)NC(=O)[C@H]1CCCN(C)C1. The minimum atomic E-state index is -0.445. The molecule has 1 aromatic carbocycles. The van der Waals surface area contributed by atoms with Crippen molar-refractivity contribution in [1.29, 1.82) is 0 Å². The van der Waals surface area contributed by atoms with Crippen molar-refractivity contribution in [1.82, 2.24) is 10.2 Å². The Kier molecular flexibility index (Phi) is 4.88. The van der Waals surface area contributed by atoms with Crippen LogP contribution in [0.15, 0.2) is 24.3 Å². The monoisotopic (exact) mass is 290 g/mol. The zero-order chi connectivity index (χ0) is 15.5. The Bertz CT molecular complexity index is 499. The summed E-state index contributed by atoms with van der Waals surface area (Å²) in [5.74, 6) is 1.03. The third kappa shape index (κ3) is 3.76. The maximum atomic E-state index is 12.6. The maximum absolute atomic E-state index is 12.6. The molecule has 0 bridgehead atoms. The molecule has 0 aromatic heterocycles. The Labute approximate surface area is 127 Å². The van der Waals surface area contributed by atoms with Gasteiger partial charge in [-0.15, -0.1) is 0 Å². The molecule has 1 atom stereocenters. The van der Waals surface area contributed by atoms with Crippen LogP contribution in [0.5, 0.6) is 5.75 Å². The second kappa shape index (κ2) is 6.48. The Morgan fingerprint density at radius 3 is 2.76 bits per heavy atom. The van der Waals surface area contributed by atoms with E-state index in [1.165, 1.54) is 0 Å². The summed E-state index contributed by atoms with van der Waals surface area (Å²) < 4.78 is 5.42. The van der Waals surface area contributed by atoms with Crippen LogP contribution in [0, 0.1) is 5.92 Å². The fourth-order valence-electron chi connectivity index (χ4n) is 3.02. The minimum absolute atomic E-state index is 0.0812. The second-order valence-electron chi connectivity index (χ2n) is 6.42. The number of ether oxygens (including phenoxy) is 1. The highest BCUT2D eigenvalue weighted by Gasteiger charge is 2.31. The molecule has 2 rings (SSSR count). The Morgan fingerprint density at radius 1 is 1.38 bits per heavy atom. The molecular weight excluding hydrogens is 264 g/mol. The van der Waals surface area contributed by atoms with Crippen LogP contribution in [0.4, 0.5) is 0 Å². The van der Waals surface area contributed by atoms with E-state index in [2.05, 4.69) is 17.3 Å². The molecule has 1 heterocycles. The summed E-state index contributed by atoms with van der Waals surface area (Å²) in [6.07, 6.45) is 2.06. The van der Waals surface area contributed by atoms with E-state index in [1.807, 2.05) is 38.1 Å². The lowest BCUT2D eigenvalue weighted by Crippen LogP contribution is -2.48. The molecule has 1 N–H and O–H groups in total. The van der Waals surface area contributed by atoms with E-state index in [-0.39, 0.29) is 11.8 Å². The van der Waals surface area contributed by atoms with Gasteiger partial charge in [-0.2, -0.15) is 0 Å². The van der Waals surface area contributed by atoms with Gasteiger partial charge in [-0.3, -0.25) is 4.79 Å². The quantitative estimate of drug-likeness (QED) is 0.926. The topological polar surface area (TPSA) is 41.6 Å². The number of methoxy groups -OCH3 is 1. The number of hydrogen-bond donors (Lipinski definition) is 1. The van der Waals surface area contributed by atoms with Crippen LogP contribution in [-0.4, -0.2) is 38.1 Å². The van der Waals surface area contributed by atoms with Gasteiger partial charge in [0.05, 0.1) is 18.6 Å². The molecule has 0 aliphatic carbocycles. The number of benzene rings is 1. The first kappa shape index (κ1) is 15.8. The smallest absolute Gasteiger partial charge is 0.225 e. The molecule has 0 unspecified atom stereocenters. The van der Waals surface area contributed by atoms with Crippen LogP contribution in [0.1, 0.15) is 32.3 Å². The van der Waals surface area contributed by atoms with Crippen molar-refractivity contribution < 1.29 is 9.53 Å². The predicted molar refractivity (Wildman–Crippen MR) is 84.4 cm³/mol. The number of para-hydroxylation sites is 1. The molecule has 4 heteroatoms. The number of nitrogens with zero attached hydrogens (tertiary/aromatic N) is 1. The average molecular weight is 290 g/mol. The Morgan fingerprint density at radius 2 is 2.10 bits per heavy atom. The zero-order valence-electron chi connectivity index (χ0n) is 13.5. The van der Waals surface area contributed by atoms with Crippen molar-refractivity contribution in [3.8, 4) is 5.75 Å². The second-order valence-corrected chi connectivity index (χ2v) is 6.42. The number of piperidine rings is 1. The van der Waals surface area contributed by atoms with Crippen molar-refractivity contribution in [2.45, 2.75) is 32.2 Å². The van der Waals surface area contributed by atoms with Crippen molar-refractivity contribution in [3.05, 3.63) is 29.8 Å². The van der Waals surface area contributed by atoms with Gasteiger partial charge in [-0.25, -0.2) is 0 Å². The number of amides is 1. The van der Waals surface area contributed by atoms with Gasteiger partial charge in [0.2, 0.25) is 5.91 Å². The Balaban J connectivity index is 2.11. The van der Waals surface area contributed by atoms with Gasteiger partial charge in [0.15, 0.2) is 0 Å². The van der Waals surface area contributed by atoms with E-state index in [0.29, 0.717) is 0 Å². The normalized spacial score (nSPS) is 20.1. The lowest BCUT2D eigenvalue weighted by Gasteiger charge is -2.33. The van der Waals surface area contributed by atoms with Gasteiger partial charge in [0, 0.05) is 12.1 Å². The van der Waals surface area contributed by atoms with Crippen LogP contribution in [0.25, 0.3) is 0 Å². The molecule has 116 valence electrons. The molecule has 1 fully saturated rings. The molecule has 1 amide bonds. The number of hydrogen-bond acceptors (Lipinski definition) is 3. The van der Waals surface area contributed by atoms with Gasteiger partial charge in [0.1, 0.15) is 5.75 Å². The fraction of sp³-hybridized carbons (Fsp3) is 0.588. The molecule has 0 saturated carbocycles. The molecule has 1 saturated heterocycles. The van der Waals surface area contributed by atoms with Gasteiger partial charge in [-0.05, 0) is 46.3 Å². The Hall–Kier alpha value is -1.55. The van der Waals surface area contributed by atoms with E-state index in [0.717, 1.165) is 37.2 Å². The van der Waals surface area contributed by atoms with E-state index >= 15 is 0 Å². The third-order valence-corrected chi connectivity index (χ3v) is 4.21. The van der Waals surface area contributed by atoms with Crippen molar-refractivity contribution in [2.24, 2.45) is 5.92 Å². The molecule has 0 radical (unpaired) electrons. The van der Waals surface area contributed by atoms with Crippen LogP contribution >= 0.6 is 0 Å². The lowest BCUT2D eigenvalue weighted by molar-refractivity contribution is -0.128. The first-order valence-corrected chi connectivity index (χ1v) is 7.58. The first-order chi connectivity index (χ1) is 9.94. The first-order valence-electron chi connectivity index (χ1n) is 7.58. The fourth-order valence-corrected chi connectivity index (χ4v) is 3.02. The van der Waals surface area contributed by atoms with Gasteiger partial charge < -0.3 is 15.0 Å². The highest BCUT2D eigenvalue weighted by molar-refractivity contribution is 5.80. The summed E-state index contributed by atoms with van der Waals surface area (Å²) in [5, 5.41) is 3.19. The number of rotatable bonds is 4. The molecule has 4 nitrogen and oxygen atoms in total. The van der Waals surface area contributed by atoms with E-state index in [4.69, 9.17) is 4.74 Å². The van der Waals surface area contributed by atoms with E-state index in [1.54, 1.807) is 7.11 Å². The number of nitrogens with one attached hydrogen (secondary N) is 1. The molecular formula is C17H26N2O2. The molecule has 1 aliphatic heterocycles. The number of carbonyl (C=O) groups excluding carboxylic acids is 1. The predicted octanol–water partition coefficient (Wildman–Crippen LogP) is 2.39. The van der Waals surface area contributed by atoms with Crippen LogP contribution in [0.2, 0.25) is 0 Å². The summed E-state index contributed by atoms with van der Waals surface area (Å²) in [4.78, 5) is 14.8. The van der Waals surface area contributed by atoms with Crippen LogP contribution in [-0.2, 0) is 10.3 Å². The zero-order valence-corrected chi connectivity index (χ0v) is 13.5. The highest BCUT2D eigenvalue weighted by atomic mass is 16.5. The largest absolute Gasteiger partial charge is 0.496 e. The lowest BCUT2D eigenvalue weighted by atomic mass is 9.90. The molecule has 21 heavy (non-hydrogen) atoms. The van der Waals surface area contributed by atoms with Crippen molar-refractivity contribution >= 4 is 5.91 Å². The number of carbonyl (C=O) groups is 1. The standard InChI is InChI=1S/C17H26N2O2/c1-17(2,14-9-5-6-10-15(14)21-4)18-16(20)13-8-7-11-19(3)12-13/h5-6,9-10,13H,7-8,11-12H2,1-4H3,(H,18,20)/t13-/m0/s1. The number of likely N-dealkylation sites (tertiary alicyclic amines) is 1. The summed E-state index contributed by atoms with van der Waals surface area (Å²) in [7, 11) is 3.73. The summed E-state index contributed by atoms with van der Waals surface area (Å²) in [6, 6.07) is 7.85. The van der Waals surface area contributed by atoms with Crippen LogP contribution < -0.4 is 10.1 Å². The van der Waals surface area contributed by atoms with Crippen LogP contribution in [0.3, 0.4) is 0 Å². The molecule has 1 aliphatic rings. The maximum Gasteiger partial charge on any atom is 0.225 e. The average Bonchev–Trinajstić information content (AvgIpc) is 2.46. The summed E-state index contributed by atoms with van der Waals surface area (Å²) in [5.41, 5.74) is 0.560.